The van der Waals surface area contributed by atoms with E-state index in [2.05, 4.69) is 25.7 Å². The Labute approximate surface area is 267 Å². The van der Waals surface area contributed by atoms with Crippen LogP contribution in [0.25, 0.3) is 0 Å². The van der Waals surface area contributed by atoms with Gasteiger partial charge in [0.25, 0.3) is 5.91 Å². The van der Waals surface area contributed by atoms with Crippen LogP contribution < -0.4 is 20.7 Å². The van der Waals surface area contributed by atoms with Crippen molar-refractivity contribution in [3.63, 3.8) is 0 Å². The number of carbonyl (C=O) groups is 4. The highest BCUT2D eigenvalue weighted by atomic mass is 32.2. The minimum atomic E-state index is -3.40. The quantitative estimate of drug-likeness (QED) is 0.135. The minimum Gasteiger partial charge on any atom is -0.465 e. The Morgan fingerprint density at radius 3 is 1.89 bits per heavy atom. The number of nitrogens with zero attached hydrogens (tertiary/aromatic N) is 3. The summed E-state index contributed by atoms with van der Waals surface area (Å²) in [5.74, 6) is -0.800. The first-order chi connectivity index (χ1) is 20.6. The van der Waals surface area contributed by atoms with Gasteiger partial charge in [-0.1, -0.05) is 23.5 Å². The first kappa shape index (κ1) is 37.2. The number of aryl methyl sites for hydroxylation is 2. The van der Waals surface area contributed by atoms with Gasteiger partial charge in [-0.2, -0.15) is 0 Å². The number of nitrogens with one attached hydrogen (secondary N) is 4. The summed E-state index contributed by atoms with van der Waals surface area (Å²) in [5.41, 5.74) is -0.101. The van der Waals surface area contributed by atoms with E-state index < -0.39 is 45.5 Å². The summed E-state index contributed by atoms with van der Waals surface area (Å²) in [5, 5.41) is 28.7. The van der Waals surface area contributed by atoms with Crippen LogP contribution >= 0.6 is 11.3 Å². The highest BCUT2D eigenvalue weighted by Crippen LogP contribution is 2.28. The van der Waals surface area contributed by atoms with Gasteiger partial charge in [0.05, 0.1) is 11.9 Å². The average molecular weight is 670 g/mol. The van der Waals surface area contributed by atoms with E-state index >= 15 is 0 Å². The van der Waals surface area contributed by atoms with Crippen molar-refractivity contribution in [3.05, 3.63) is 40.4 Å². The Hall–Kier alpha value is -3.96. The fourth-order valence-electron chi connectivity index (χ4n) is 4.34. The molecule has 0 aliphatic carbocycles. The molecule has 2 rings (SSSR count). The number of anilines is 2. The van der Waals surface area contributed by atoms with Crippen LogP contribution in [-0.4, -0.2) is 94.1 Å². The highest BCUT2D eigenvalue weighted by molar-refractivity contribution is 7.88. The van der Waals surface area contributed by atoms with Crippen LogP contribution in [0.5, 0.6) is 0 Å². The average Bonchev–Trinajstić information content (AvgIpc) is 3.25. The summed E-state index contributed by atoms with van der Waals surface area (Å²) < 4.78 is 24.8. The Morgan fingerprint density at radius 1 is 0.911 bits per heavy atom. The highest BCUT2D eigenvalue weighted by Gasteiger charge is 2.43. The number of hydrogen-bond acceptors (Lipinski definition) is 9. The third-order valence-electron chi connectivity index (χ3n) is 6.21. The second kappa shape index (κ2) is 14.9. The van der Waals surface area contributed by atoms with Crippen molar-refractivity contribution in [2.24, 2.45) is 0 Å². The third-order valence-corrected chi connectivity index (χ3v) is 7.95. The Bertz CT molecular complexity index is 1450. The van der Waals surface area contributed by atoms with Crippen LogP contribution in [0, 0.1) is 0 Å². The molecule has 0 aliphatic heterocycles. The predicted octanol–water partition coefficient (Wildman–Crippen LogP) is 3.42. The lowest BCUT2D eigenvalue weighted by Gasteiger charge is -2.48. The van der Waals surface area contributed by atoms with E-state index in [9.17, 15) is 37.8 Å². The van der Waals surface area contributed by atoms with Crippen LogP contribution in [0.3, 0.4) is 0 Å². The van der Waals surface area contributed by atoms with Crippen LogP contribution in [0.2, 0.25) is 0 Å². The predicted molar refractivity (Wildman–Crippen MR) is 172 cm³/mol. The molecule has 15 nitrogen and oxygen atoms in total. The van der Waals surface area contributed by atoms with Gasteiger partial charge in [0, 0.05) is 36.8 Å². The zero-order valence-corrected chi connectivity index (χ0v) is 28.4. The van der Waals surface area contributed by atoms with Crippen molar-refractivity contribution in [1.82, 2.24) is 24.8 Å². The summed E-state index contributed by atoms with van der Waals surface area (Å²) in [4.78, 5) is 55.9. The number of carboxylic acid groups (broad SMARTS) is 2. The number of aromatic nitrogens is 1. The summed E-state index contributed by atoms with van der Waals surface area (Å²) >= 11 is 1.01. The number of rotatable bonds is 13. The van der Waals surface area contributed by atoms with Crippen molar-refractivity contribution < 1.29 is 37.8 Å². The molecule has 0 radical (unpaired) electrons. The lowest BCUT2D eigenvalue weighted by molar-refractivity contribution is -0.114. The molecule has 0 bridgehead atoms. The molecular formula is C28H43N7O8S2. The van der Waals surface area contributed by atoms with Crippen molar-refractivity contribution >= 4 is 56.2 Å². The molecule has 0 aliphatic rings. The van der Waals surface area contributed by atoms with Gasteiger partial charge in [0.1, 0.15) is 4.88 Å². The minimum absolute atomic E-state index is 0.0124. The van der Waals surface area contributed by atoms with Gasteiger partial charge < -0.3 is 26.2 Å². The molecule has 0 fully saturated rings. The molecule has 250 valence electrons. The third kappa shape index (κ3) is 11.5. The van der Waals surface area contributed by atoms with E-state index in [4.69, 9.17) is 0 Å². The standard InChI is InChI=1S/C28H43N7O8S2/c1-17(36)31-23-33-20(21(44-23)22(37)29-15-16-30-45(8,42)43)14-11-18-9-12-19(13-10-18)32-24(34(25(38)39)27(2,3)4)35(26(40)41)28(5,6)7/h9-10,12-13,24,30,32H,11,14-16H2,1-8H3,(H,29,37)(H,38,39)(H,40,41)(H,31,33,36). The van der Waals surface area contributed by atoms with E-state index in [1.807, 2.05) is 0 Å². The van der Waals surface area contributed by atoms with Gasteiger partial charge >= 0.3 is 12.2 Å². The number of amides is 4. The zero-order valence-electron chi connectivity index (χ0n) is 26.7. The maximum Gasteiger partial charge on any atom is 0.410 e. The second-order valence-electron chi connectivity index (χ2n) is 12.3. The maximum atomic E-state index is 12.9. The molecule has 1 aromatic heterocycles. The summed E-state index contributed by atoms with van der Waals surface area (Å²) in [6.45, 7) is 11.5. The van der Waals surface area contributed by atoms with Gasteiger partial charge in [-0.3, -0.25) is 19.4 Å². The number of hydrogen-bond donors (Lipinski definition) is 6. The van der Waals surface area contributed by atoms with Gasteiger partial charge in [-0.25, -0.2) is 27.7 Å². The summed E-state index contributed by atoms with van der Waals surface area (Å²) in [6.07, 6.45) is -2.02. The molecule has 2 aromatic rings. The van der Waals surface area contributed by atoms with E-state index in [-0.39, 0.29) is 29.0 Å². The van der Waals surface area contributed by atoms with E-state index in [1.165, 1.54) is 6.92 Å². The lowest BCUT2D eigenvalue weighted by Crippen LogP contribution is -2.66. The van der Waals surface area contributed by atoms with Crippen LogP contribution in [0.4, 0.5) is 20.4 Å². The van der Waals surface area contributed by atoms with Gasteiger partial charge in [-0.15, -0.1) is 0 Å². The van der Waals surface area contributed by atoms with Crippen molar-refractivity contribution in [2.45, 2.75) is 78.7 Å². The smallest absolute Gasteiger partial charge is 0.410 e. The van der Waals surface area contributed by atoms with Crippen LogP contribution in [0.15, 0.2) is 24.3 Å². The molecule has 0 unspecified atom stereocenters. The molecule has 0 saturated carbocycles. The number of carbonyl (C=O) groups excluding carboxylic acids is 2. The van der Waals surface area contributed by atoms with E-state index in [0.29, 0.717) is 24.2 Å². The Morgan fingerprint density at radius 2 is 1.44 bits per heavy atom. The molecule has 6 N–H and O–H groups in total. The molecule has 17 heteroatoms. The van der Waals surface area contributed by atoms with Crippen molar-refractivity contribution in [3.8, 4) is 0 Å². The topological polar surface area (TPSA) is 210 Å². The Balaban J connectivity index is 2.27. The Kier molecular flexibility index (Phi) is 12.3. The molecule has 1 heterocycles. The largest absolute Gasteiger partial charge is 0.465 e. The van der Waals surface area contributed by atoms with Gasteiger partial charge in [0.2, 0.25) is 15.9 Å². The first-order valence-electron chi connectivity index (χ1n) is 14.0. The normalized spacial score (nSPS) is 12.0. The molecule has 45 heavy (non-hydrogen) atoms. The van der Waals surface area contributed by atoms with Crippen LogP contribution in [-0.2, 0) is 27.7 Å². The fourth-order valence-corrected chi connectivity index (χ4v) is 5.78. The number of benzene rings is 1. The molecule has 0 saturated heterocycles. The number of thiazole rings is 1. The zero-order chi connectivity index (χ0) is 34.3. The summed E-state index contributed by atoms with van der Waals surface area (Å²) in [6, 6.07) is 7.00. The molecule has 0 atom stereocenters. The second-order valence-corrected chi connectivity index (χ2v) is 15.1. The van der Waals surface area contributed by atoms with Crippen molar-refractivity contribution in [2.75, 3.05) is 30.0 Å². The van der Waals surface area contributed by atoms with Gasteiger partial charge in [0.15, 0.2) is 11.4 Å². The monoisotopic (exact) mass is 669 g/mol. The SMILES string of the molecule is CC(=O)Nc1nc(CCc2ccc(NC(N(C(=O)O)C(C)(C)C)N(C(=O)O)C(C)(C)C)cc2)c(C(=O)NCCNS(C)(=O)=O)s1. The van der Waals surface area contributed by atoms with Crippen molar-refractivity contribution in [1.29, 1.82) is 0 Å². The maximum absolute atomic E-state index is 12.9. The lowest BCUT2D eigenvalue weighted by atomic mass is 10.0. The van der Waals surface area contributed by atoms with Gasteiger partial charge in [-0.05, 0) is 72.1 Å². The molecule has 4 amide bonds. The van der Waals surface area contributed by atoms with Crippen LogP contribution in [0.1, 0.15) is 69.4 Å². The first-order valence-corrected chi connectivity index (χ1v) is 16.7. The molecular weight excluding hydrogens is 626 g/mol. The van der Waals surface area contributed by atoms with E-state index in [0.717, 1.165) is 33.0 Å². The van der Waals surface area contributed by atoms with E-state index in [1.54, 1.807) is 65.8 Å². The number of sulfonamides is 1. The fraction of sp³-hybridized carbons (Fsp3) is 0.536. The molecule has 1 aromatic carbocycles. The molecule has 0 spiro atoms. The summed E-state index contributed by atoms with van der Waals surface area (Å²) in [7, 11) is -3.40.